The summed E-state index contributed by atoms with van der Waals surface area (Å²) in [5, 5.41) is 9.59. The number of halogens is 1. The molecule has 0 fully saturated rings. The zero-order chi connectivity index (χ0) is 19.3. The summed E-state index contributed by atoms with van der Waals surface area (Å²) in [6.45, 7) is 0.539. The van der Waals surface area contributed by atoms with Crippen molar-refractivity contribution < 1.29 is 4.42 Å². The Labute approximate surface area is 170 Å². The van der Waals surface area contributed by atoms with Crippen LogP contribution in [0.5, 0.6) is 0 Å². The molecule has 0 aliphatic heterocycles. The lowest BCUT2D eigenvalue weighted by atomic mass is 10.1. The van der Waals surface area contributed by atoms with Crippen molar-refractivity contribution in [1.29, 1.82) is 0 Å². The lowest BCUT2D eigenvalue weighted by Crippen LogP contribution is -2.12. The van der Waals surface area contributed by atoms with Gasteiger partial charge in [-0.1, -0.05) is 29.8 Å². The molecule has 0 aliphatic carbocycles. The van der Waals surface area contributed by atoms with E-state index in [0.29, 0.717) is 28.3 Å². The number of hydrogen-bond donors (Lipinski definition) is 3. The molecule has 9 heteroatoms. The smallest absolute Gasteiger partial charge is 0.188 e. The van der Waals surface area contributed by atoms with E-state index in [1.54, 1.807) is 12.3 Å². The van der Waals surface area contributed by atoms with E-state index in [9.17, 15) is 0 Å². The highest BCUT2D eigenvalue weighted by Gasteiger charge is 2.15. The average molecular weight is 413 g/mol. The van der Waals surface area contributed by atoms with Crippen LogP contribution in [0.15, 0.2) is 64.9 Å². The molecule has 0 bridgehead atoms. The molecule has 3 aromatic heterocycles. The van der Waals surface area contributed by atoms with Gasteiger partial charge in [-0.2, -0.15) is 0 Å². The van der Waals surface area contributed by atoms with Gasteiger partial charge in [0, 0.05) is 16.5 Å². The van der Waals surface area contributed by atoms with Crippen LogP contribution in [0.4, 0.5) is 16.8 Å². The molecule has 1 atom stereocenters. The van der Waals surface area contributed by atoms with Gasteiger partial charge in [0.1, 0.15) is 23.7 Å². The summed E-state index contributed by atoms with van der Waals surface area (Å²) >= 11 is 7.69. The molecular formula is C19H17ClN6OS. The van der Waals surface area contributed by atoms with Crippen LogP contribution >= 0.6 is 22.9 Å². The molecule has 4 N–H and O–H groups in total. The van der Waals surface area contributed by atoms with Gasteiger partial charge in [0.15, 0.2) is 5.13 Å². The monoisotopic (exact) mass is 412 g/mol. The SMILES string of the molecule is NC(c1csc(Nc2cc(NCc3ccco3)ncn2)n1)c1ccccc1Cl. The molecule has 0 radical (unpaired) electrons. The third-order valence-electron chi connectivity index (χ3n) is 4.01. The first-order valence-electron chi connectivity index (χ1n) is 8.50. The van der Waals surface area contributed by atoms with Gasteiger partial charge in [-0.05, 0) is 23.8 Å². The summed E-state index contributed by atoms with van der Waals surface area (Å²) in [6.07, 6.45) is 3.12. The molecule has 4 aromatic rings. The molecular weight excluding hydrogens is 396 g/mol. The molecule has 0 spiro atoms. The number of nitrogens with zero attached hydrogens (tertiary/aromatic N) is 3. The summed E-state index contributed by atoms with van der Waals surface area (Å²) < 4.78 is 5.30. The van der Waals surface area contributed by atoms with E-state index in [2.05, 4.69) is 25.6 Å². The quantitative estimate of drug-likeness (QED) is 0.408. The topological polar surface area (TPSA) is 102 Å². The summed E-state index contributed by atoms with van der Waals surface area (Å²) in [5.74, 6) is 2.13. The Balaban J connectivity index is 1.44. The number of nitrogens with two attached hydrogens (primary N) is 1. The van der Waals surface area contributed by atoms with Gasteiger partial charge < -0.3 is 20.8 Å². The van der Waals surface area contributed by atoms with Crippen molar-refractivity contribution in [2.24, 2.45) is 5.73 Å². The molecule has 142 valence electrons. The Morgan fingerprint density at radius 2 is 2.00 bits per heavy atom. The van der Waals surface area contributed by atoms with Crippen molar-refractivity contribution in [1.82, 2.24) is 15.0 Å². The van der Waals surface area contributed by atoms with Crippen LogP contribution < -0.4 is 16.4 Å². The number of furan rings is 1. The van der Waals surface area contributed by atoms with Crippen molar-refractivity contribution in [2.75, 3.05) is 10.6 Å². The van der Waals surface area contributed by atoms with Crippen LogP contribution in [0.25, 0.3) is 0 Å². The van der Waals surface area contributed by atoms with Crippen LogP contribution in [0.1, 0.15) is 23.1 Å². The van der Waals surface area contributed by atoms with Crippen molar-refractivity contribution >= 4 is 39.7 Å². The Morgan fingerprint density at radius 3 is 2.82 bits per heavy atom. The lowest BCUT2D eigenvalue weighted by Gasteiger charge is -2.11. The Kier molecular flexibility index (Phi) is 5.52. The molecule has 7 nitrogen and oxygen atoms in total. The van der Waals surface area contributed by atoms with E-state index in [-0.39, 0.29) is 0 Å². The number of aromatic nitrogens is 3. The molecule has 1 aromatic carbocycles. The maximum absolute atomic E-state index is 6.32. The molecule has 4 rings (SSSR count). The second kappa shape index (κ2) is 8.39. The highest BCUT2D eigenvalue weighted by atomic mass is 35.5. The predicted molar refractivity (Wildman–Crippen MR) is 111 cm³/mol. The zero-order valence-electron chi connectivity index (χ0n) is 14.7. The molecule has 0 amide bonds. The zero-order valence-corrected chi connectivity index (χ0v) is 16.2. The van der Waals surface area contributed by atoms with E-state index in [1.807, 2.05) is 41.8 Å². The lowest BCUT2D eigenvalue weighted by molar-refractivity contribution is 0.518. The maximum atomic E-state index is 6.32. The van der Waals surface area contributed by atoms with E-state index in [4.69, 9.17) is 21.8 Å². The highest BCUT2D eigenvalue weighted by molar-refractivity contribution is 7.13. The van der Waals surface area contributed by atoms with Crippen LogP contribution in [-0.4, -0.2) is 15.0 Å². The van der Waals surface area contributed by atoms with Crippen molar-refractivity contribution in [2.45, 2.75) is 12.6 Å². The van der Waals surface area contributed by atoms with E-state index < -0.39 is 6.04 Å². The number of anilines is 3. The van der Waals surface area contributed by atoms with Crippen molar-refractivity contribution in [3.63, 3.8) is 0 Å². The average Bonchev–Trinajstić information content (AvgIpc) is 3.39. The molecule has 0 saturated carbocycles. The maximum Gasteiger partial charge on any atom is 0.188 e. The minimum absolute atomic E-state index is 0.392. The van der Waals surface area contributed by atoms with E-state index >= 15 is 0 Å². The molecule has 0 saturated heterocycles. The van der Waals surface area contributed by atoms with Gasteiger partial charge in [0.05, 0.1) is 24.5 Å². The molecule has 28 heavy (non-hydrogen) atoms. The minimum atomic E-state index is -0.392. The van der Waals surface area contributed by atoms with E-state index in [0.717, 1.165) is 17.0 Å². The van der Waals surface area contributed by atoms with Crippen molar-refractivity contribution in [3.8, 4) is 0 Å². The largest absolute Gasteiger partial charge is 0.467 e. The molecule has 3 heterocycles. The van der Waals surface area contributed by atoms with E-state index in [1.165, 1.54) is 17.7 Å². The van der Waals surface area contributed by atoms with Gasteiger partial charge in [0.2, 0.25) is 0 Å². The summed E-state index contributed by atoms with van der Waals surface area (Å²) in [5.41, 5.74) is 7.90. The first-order valence-corrected chi connectivity index (χ1v) is 9.75. The predicted octanol–water partition coefficient (Wildman–Crippen LogP) is 4.58. The van der Waals surface area contributed by atoms with Crippen LogP contribution in [0.2, 0.25) is 5.02 Å². The van der Waals surface area contributed by atoms with Gasteiger partial charge in [-0.15, -0.1) is 11.3 Å². The third kappa shape index (κ3) is 4.30. The van der Waals surface area contributed by atoms with Gasteiger partial charge >= 0.3 is 0 Å². The van der Waals surface area contributed by atoms with Gasteiger partial charge in [0.25, 0.3) is 0 Å². The fourth-order valence-electron chi connectivity index (χ4n) is 2.60. The van der Waals surface area contributed by atoms with Crippen LogP contribution in [0, 0.1) is 0 Å². The standard InChI is InChI=1S/C19H17ClN6OS/c20-14-6-2-1-5-13(14)18(21)15-10-28-19(25-15)26-17-8-16(23-11-24-17)22-9-12-4-3-7-27-12/h1-8,10-11,18H,9,21H2,(H2,22,23,24,25,26). The van der Waals surface area contributed by atoms with Gasteiger partial charge in [-0.25, -0.2) is 15.0 Å². The second-order valence-corrected chi connectivity index (χ2v) is 7.19. The number of rotatable bonds is 7. The minimum Gasteiger partial charge on any atom is -0.467 e. The first-order chi connectivity index (χ1) is 13.7. The van der Waals surface area contributed by atoms with Crippen LogP contribution in [0.3, 0.4) is 0 Å². The fourth-order valence-corrected chi connectivity index (χ4v) is 3.60. The second-order valence-electron chi connectivity index (χ2n) is 5.92. The molecule has 1 unspecified atom stereocenters. The number of benzene rings is 1. The molecule has 0 aliphatic rings. The number of thiazole rings is 1. The first kappa shape index (κ1) is 18.4. The Hall–Kier alpha value is -2.94. The Bertz CT molecular complexity index is 1050. The van der Waals surface area contributed by atoms with Crippen LogP contribution in [-0.2, 0) is 6.54 Å². The summed E-state index contributed by atoms with van der Waals surface area (Å²) in [6, 6.07) is 12.7. The summed E-state index contributed by atoms with van der Waals surface area (Å²) in [4.78, 5) is 13.0. The third-order valence-corrected chi connectivity index (χ3v) is 5.13. The van der Waals surface area contributed by atoms with Crippen molar-refractivity contribution in [3.05, 3.63) is 82.5 Å². The van der Waals surface area contributed by atoms with Gasteiger partial charge in [-0.3, -0.25) is 0 Å². The fraction of sp³-hybridized carbons (Fsp3) is 0.105. The summed E-state index contributed by atoms with van der Waals surface area (Å²) in [7, 11) is 0. The Morgan fingerprint density at radius 1 is 1.14 bits per heavy atom. The normalized spacial score (nSPS) is 11.9. The number of hydrogen-bond acceptors (Lipinski definition) is 8. The number of nitrogens with one attached hydrogen (secondary N) is 2. The highest BCUT2D eigenvalue weighted by Crippen LogP contribution is 2.29.